The largest absolute Gasteiger partial charge is 0.488 e. The van der Waals surface area contributed by atoms with Gasteiger partial charge in [0.05, 0.1) is 6.21 Å². The molecule has 2 rings (SSSR count). The molecule has 2 amide bonds. The molecule has 2 N–H and O–H groups in total. The molecule has 0 aliphatic heterocycles. The number of amides is 2. The van der Waals surface area contributed by atoms with E-state index in [0.29, 0.717) is 22.9 Å². The molecule has 0 aliphatic rings. The van der Waals surface area contributed by atoms with E-state index in [1.54, 1.807) is 18.2 Å². The van der Waals surface area contributed by atoms with Crippen LogP contribution in [0.3, 0.4) is 0 Å². The predicted molar refractivity (Wildman–Crippen MR) is 92.0 cm³/mol. The fraction of sp³-hybridized carbons (Fsp3) is 0.118. The summed E-state index contributed by atoms with van der Waals surface area (Å²) in [6.07, 6.45) is 1.41. The van der Waals surface area contributed by atoms with Crippen LogP contribution in [0.25, 0.3) is 0 Å². The maximum Gasteiger partial charge on any atom is 0.329 e. The number of ether oxygens (including phenoxy) is 1. The molecular weight excluding hydrogens is 330 g/mol. The first-order chi connectivity index (χ1) is 11.6. The van der Waals surface area contributed by atoms with E-state index in [1.807, 2.05) is 30.3 Å². The molecule has 7 heteroatoms. The molecule has 2 aromatic carbocycles. The Labute approximate surface area is 144 Å². The molecule has 0 saturated carbocycles. The quantitative estimate of drug-likeness (QED) is 0.495. The second-order valence-corrected chi connectivity index (χ2v) is 5.10. The number of hydrogen-bond donors (Lipinski definition) is 2. The second kappa shape index (κ2) is 8.69. The maximum absolute atomic E-state index is 11.3. The number of hydrazone groups is 1. The highest BCUT2D eigenvalue weighted by Crippen LogP contribution is 2.20. The van der Waals surface area contributed by atoms with Crippen LogP contribution in [0, 0.1) is 0 Å². The van der Waals surface area contributed by atoms with Gasteiger partial charge in [-0.05, 0) is 18.2 Å². The first-order valence-electron chi connectivity index (χ1n) is 7.12. The molecule has 0 saturated heterocycles. The Morgan fingerprint density at radius 2 is 1.83 bits per heavy atom. The molecular formula is C17H16ClN3O3. The molecule has 2 aromatic rings. The van der Waals surface area contributed by atoms with E-state index in [2.05, 4.69) is 15.8 Å². The van der Waals surface area contributed by atoms with Crippen LogP contribution in [0.2, 0.25) is 5.02 Å². The van der Waals surface area contributed by atoms with Crippen molar-refractivity contribution in [2.45, 2.75) is 6.61 Å². The van der Waals surface area contributed by atoms with Gasteiger partial charge in [-0.1, -0.05) is 41.9 Å². The van der Waals surface area contributed by atoms with Crippen LogP contribution in [0.5, 0.6) is 5.75 Å². The zero-order chi connectivity index (χ0) is 17.4. The smallest absolute Gasteiger partial charge is 0.329 e. The normalized spacial score (nSPS) is 10.4. The van der Waals surface area contributed by atoms with E-state index in [9.17, 15) is 9.59 Å². The van der Waals surface area contributed by atoms with Gasteiger partial charge in [-0.25, -0.2) is 5.43 Å². The lowest BCUT2D eigenvalue weighted by atomic mass is 10.2. The van der Waals surface area contributed by atoms with E-state index in [4.69, 9.17) is 16.3 Å². The zero-order valence-electron chi connectivity index (χ0n) is 13.0. The van der Waals surface area contributed by atoms with Crippen molar-refractivity contribution in [3.8, 4) is 5.75 Å². The summed E-state index contributed by atoms with van der Waals surface area (Å²) in [5, 5.41) is 6.59. The van der Waals surface area contributed by atoms with Gasteiger partial charge in [0.15, 0.2) is 0 Å². The summed E-state index contributed by atoms with van der Waals surface area (Å²) >= 11 is 6.10. The fourth-order valence-electron chi connectivity index (χ4n) is 1.81. The van der Waals surface area contributed by atoms with Gasteiger partial charge in [0.1, 0.15) is 12.4 Å². The molecule has 0 heterocycles. The molecule has 0 aromatic heterocycles. The van der Waals surface area contributed by atoms with Gasteiger partial charge in [0, 0.05) is 23.2 Å². The van der Waals surface area contributed by atoms with Crippen LogP contribution in [0.1, 0.15) is 11.1 Å². The third-order valence-corrected chi connectivity index (χ3v) is 3.43. The van der Waals surface area contributed by atoms with Gasteiger partial charge in [-0.2, -0.15) is 5.10 Å². The van der Waals surface area contributed by atoms with Crippen molar-refractivity contribution in [2.24, 2.45) is 5.10 Å². The number of carbonyl (C=O) groups excluding carboxylic acids is 2. The molecule has 0 atom stereocenters. The van der Waals surface area contributed by atoms with Gasteiger partial charge < -0.3 is 10.1 Å². The van der Waals surface area contributed by atoms with E-state index >= 15 is 0 Å². The van der Waals surface area contributed by atoms with Crippen LogP contribution in [-0.2, 0) is 16.2 Å². The van der Waals surface area contributed by atoms with Crippen molar-refractivity contribution in [1.29, 1.82) is 0 Å². The minimum atomic E-state index is -0.844. The Kier molecular flexibility index (Phi) is 6.33. The molecule has 0 spiro atoms. The highest BCUT2D eigenvalue weighted by molar-refractivity contribution is 6.35. The van der Waals surface area contributed by atoms with Gasteiger partial charge in [0.25, 0.3) is 0 Å². The summed E-state index contributed by atoms with van der Waals surface area (Å²) in [6.45, 7) is 0.301. The molecule has 24 heavy (non-hydrogen) atoms. The number of nitrogens with zero attached hydrogens (tertiary/aromatic N) is 1. The molecule has 6 nitrogen and oxygen atoms in total. The monoisotopic (exact) mass is 345 g/mol. The Morgan fingerprint density at radius 1 is 1.12 bits per heavy atom. The van der Waals surface area contributed by atoms with Crippen molar-refractivity contribution in [1.82, 2.24) is 10.7 Å². The van der Waals surface area contributed by atoms with Crippen molar-refractivity contribution in [3.63, 3.8) is 0 Å². The third-order valence-electron chi connectivity index (χ3n) is 3.06. The van der Waals surface area contributed by atoms with Crippen LogP contribution in [0.4, 0.5) is 0 Å². The lowest BCUT2D eigenvalue weighted by Gasteiger charge is -2.10. The van der Waals surface area contributed by atoms with Gasteiger partial charge in [-0.3, -0.25) is 9.59 Å². The fourth-order valence-corrected chi connectivity index (χ4v) is 2.00. The standard InChI is InChI=1S/C17H16ClN3O3/c1-19-16(22)17(23)21-20-10-12-6-3-5-9-15(12)24-11-13-7-2-4-8-14(13)18/h2-10H,11H2,1H3,(H,19,22)(H,21,23). The number of carbonyl (C=O) groups is 2. The number of para-hydroxylation sites is 1. The number of nitrogens with one attached hydrogen (secondary N) is 2. The van der Waals surface area contributed by atoms with Crippen molar-refractivity contribution < 1.29 is 14.3 Å². The topological polar surface area (TPSA) is 79.8 Å². The number of likely N-dealkylation sites (N-methyl/N-ethyl adjacent to an activating group) is 1. The number of benzene rings is 2. The maximum atomic E-state index is 11.3. The molecule has 0 radical (unpaired) electrons. The molecule has 0 fully saturated rings. The van der Waals surface area contributed by atoms with Crippen molar-refractivity contribution in [2.75, 3.05) is 7.05 Å². The summed E-state index contributed by atoms with van der Waals surface area (Å²) in [6, 6.07) is 14.6. The molecule has 124 valence electrons. The van der Waals surface area contributed by atoms with E-state index < -0.39 is 11.8 Å². The first kappa shape index (κ1) is 17.5. The number of hydrogen-bond acceptors (Lipinski definition) is 4. The average Bonchev–Trinajstić information content (AvgIpc) is 2.61. The predicted octanol–water partition coefficient (Wildman–Crippen LogP) is 2.12. The SMILES string of the molecule is CNC(=O)C(=O)NN=Cc1ccccc1OCc1ccccc1Cl. The van der Waals surface area contributed by atoms with Crippen LogP contribution >= 0.6 is 11.6 Å². The highest BCUT2D eigenvalue weighted by atomic mass is 35.5. The molecule has 0 aliphatic carbocycles. The lowest BCUT2D eigenvalue weighted by molar-refractivity contribution is -0.138. The third kappa shape index (κ3) is 4.82. The van der Waals surface area contributed by atoms with E-state index in [1.165, 1.54) is 13.3 Å². The Balaban J connectivity index is 2.03. The van der Waals surface area contributed by atoms with Crippen LogP contribution in [0.15, 0.2) is 53.6 Å². The van der Waals surface area contributed by atoms with E-state index in [-0.39, 0.29) is 0 Å². The minimum Gasteiger partial charge on any atom is -0.488 e. The van der Waals surface area contributed by atoms with Crippen LogP contribution in [-0.4, -0.2) is 25.1 Å². The first-order valence-corrected chi connectivity index (χ1v) is 7.50. The summed E-state index contributed by atoms with van der Waals surface area (Å²) in [5.41, 5.74) is 3.65. The lowest BCUT2D eigenvalue weighted by Crippen LogP contribution is -2.35. The summed E-state index contributed by atoms with van der Waals surface area (Å²) in [4.78, 5) is 22.4. The zero-order valence-corrected chi connectivity index (χ0v) is 13.7. The van der Waals surface area contributed by atoms with Crippen molar-refractivity contribution >= 4 is 29.6 Å². The summed E-state index contributed by atoms with van der Waals surface area (Å²) < 4.78 is 5.76. The Bertz CT molecular complexity index is 762. The second-order valence-electron chi connectivity index (χ2n) is 4.70. The molecule has 0 bridgehead atoms. The van der Waals surface area contributed by atoms with Gasteiger partial charge in [-0.15, -0.1) is 0 Å². The van der Waals surface area contributed by atoms with Crippen molar-refractivity contribution in [3.05, 3.63) is 64.7 Å². The summed E-state index contributed by atoms with van der Waals surface area (Å²) in [5.74, 6) is -1.03. The van der Waals surface area contributed by atoms with Gasteiger partial charge >= 0.3 is 11.8 Å². The Hall–Kier alpha value is -2.86. The highest BCUT2D eigenvalue weighted by Gasteiger charge is 2.09. The molecule has 0 unspecified atom stereocenters. The van der Waals surface area contributed by atoms with E-state index in [0.717, 1.165) is 5.56 Å². The minimum absolute atomic E-state index is 0.301. The number of rotatable bonds is 5. The van der Waals surface area contributed by atoms with Crippen LogP contribution < -0.4 is 15.5 Å². The Morgan fingerprint density at radius 3 is 2.58 bits per heavy atom. The average molecular weight is 346 g/mol. The summed E-state index contributed by atoms with van der Waals surface area (Å²) in [7, 11) is 1.36. The van der Waals surface area contributed by atoms with Gasteiger partial charge in [0.2, 0.25) is 0 Å². The number of halogens is 1.